The van der Waals surface area contributed by atoms with Crippen LogP contribution in [-0.4, -0.2) is 85.3 Å². The molecule has 0 bridgehead atoms. The summed E-state index contributed by atoms with van der Waals surface area (Å²) in [5.41, 5.74) is 10.7. The summed E-state index contributed by atoms with van der Waals surface area (Å²) in [4.78, 5) is 20.9. The minimum absolute atomic E-state index is 0.0290. The lowest BCUT2D eigenvalue weighted by Crippen LogP contribution is -2.48. The third-order valence-corrected chi connectivity index (χ3v) is 8.13. The van der Waals surface area contributed by atoms with Crippen molar-refractivity contribution < 1.29 is 14.6 Å². The fourth-order valence-electron chi connectivity index (χ4n) is 5.97. The molecule has 1 aromatic carbocycles. The molecule has 1 atom stereocenters. The number of aromatic nitrogens is 5. The molecule has 4 aromatic rings. The van der Waals surface area contributed by atoms with Gasteiger partial charge in [-0.1, -0.05) is 12.1 Å². The number of carbonyl (C=O) groups is 1. The van der Waals surface area contributed by atoms with Gasteiger partial charge in [0.2, 0.25) is 0 Å². The summed E-state index contributed by atoms with van der Waals surface area (Å²) in [7, 11) is 1.77. The first-order chi connectivity index (χ1) is 19.2. The van der Waals surface area contributed by atoms with Gasteiger partial charge in [0.15, 0.2) is 5.82 Å². The van der Waals surface area contributed by atoms with Crippen LogP contribution in [0.15, 0.2) is 48.9 Å². The molecular weight excluding hydrogens is 508 g/mol. The van der Waals surface area contributed by atoms with Crippen LogP contribution in [0.2, 0.25) is 0 Å². The Morgan fingerprint density at radius 3 is 2.70 bits per heavy atom. The number of nitrogens with zero attached hydrogens (tertiary/aromatic N) is 7. The monoisotopic (exact) mass is 544 g/mol. The number of rotatable bonds is 6. The molecular formula is C29H36N8O3. The van der Waals surface area contributed by atoms with Gasteiger partial charge in [0, 0.05) is 56.4 Å². The Labute approximate surface area is 233 Å². The lowest BCUT2D eigenvalue weighted by molar-refractivity contribution is -0.148. The van der Waals surface area contributed by atoms with Crippen molar-refractivity contribution in [2.75, 3.05) is 44.0 Å². The molecule has 0 saturated carbocycles. The Morgan fingerprint density at radius 1 is 1.12 bits per heavy atom. The molecule has 5 heterocycles. The highest BCUT2D eigenvalue weighted by molar-refractivity contribution is 5.91. The summed E-state index contributed by atoms with van der Waals surface area (Å²) >= 11 is 0. The summed E-state index contributed by atoms with van der Waals surface area (Å²) in [5.74, 6) is 0.145. The molecule has 40 heavy (non-hydrogen) atoms. The van der Waals surface area contributed by atoms with Crippen LogP contribution in [0, 0.1) is 0 Å². The maximum atomic E-state index is 12.6. The molecule has 0 radical (unpaired) electrons. The molecule has 6 rings (SSSR count). The smallest absolute Gasteiger partial charge is 0.254 e. The van der Waals surface area contributed by atoms with E-state index in [-0.39, 0.29) is 18.0 Å². The number of ether oxygens (including phenoxy) is 1. The molecule has 2 aliphatic rings. The minimum Gasteiger partial charge on any atom is -0.382 e. The maximum absolute atomic E-state index is 12.6. The normalized spacial score (nSPS) is 18.5. The van der Waals surface area contributed by atoms with Gasteiger partial charge in [0.1, 0.15) is 17.4 Å². The van der Waals surface area contributed by atoms with Gasteiger partial charge in [-0.25, -0.2) is 9.50 Å². The molecule has 2 saturated heterocycles. The van der Waals surface area contributed by atoms with E-state index in [2.05, 4.69) is 49.0 Å². The number of anilines is 2. The van der Waals surface area contributed by atoms with Crippen molar-refractivity contribution in [3.63, 3.8) is 0 Å². The van der Waals surface area contributed by atoms with E-state index in [1.807, 2.05) is 22.8 Å². The minimum atomic E-state index is -1.39. The van der Waals surface area contributed by atoms with Crippen molar-refractivity contribution in [2.45, 2.75) is 50.8 Å². The molecule has 210 valence electrons. The number of nitrogen functional groups attached to an aromatic ring is 1. The van der Waals surface area contributed by atoms with Crippen molar-refractivity contribution in [2.24, 2.45) is 0 Å². The number of amides is 1. The van der Waals surface area contributed by atoms with Gasteiger partial charge in [-0.05, 0) is 57.4 Å². The van der Waals surface area contributed by atoms with E-state index in [9.17, 15) is 9.90 Å². The van der Waals surface area contributed by atoms with Crippen LogP contribution in [0.25, 0.3) is 28.0 Å². The van der Waals surface area contributed by atoms with E-state index in [0.29, 0.717) is 12.4 Å². The quantitative estimate of drug-likeness (QED) is 0.379. The van der Waals surface area contributed by atoms with E-state index >= 15 is 0 Å². The lowest BCUT2D eigenvalue weighted by atomic mass is 10.1. The molecule has 3 N–H and O–H groups in total. The predicted molar refractivity (Wildman–Crippen MR) is 153 cm³/mol. The Balaban J connectivity index is 1.34. The van der Waals surface area contributed by atoms with Crippen molar-refractivity contribution in [1.82, 2.24) is 29.3 Å². The van der Waals surface area contributed by atoms with E-state index in [4.69, 9.17) is 10.5 Å². The van der Waals surface area contributed by atoms with Gasteiger partial charge in [-0.15, -0.1) is 0 Å². The number of hydrogen-bond acceptors (Lipinski definition) is 8. The standard InChI is InChI=1S/C29H36N8O3/c1-29(2,39)28(38)34(3)22-8-12-35(17-22)21-6-4-5-19(15-21)25-16-23(26-27(30)31-18-33-37(25)26)24-7-11-32-36(24)20-9-13-40-14-10-20/h4-7,11,15-16,18,20,22,39H,8-10,12-14,17H2,1-3H3,(H2,30,31,33). The van der Waals surface area contributed by atoms with Gasteiger partial charge < -0.3 is 25.4 Å². The highest BCUT2D eigenvalue weighted by atomic mass is 16.5. The van der Waals surface area contributed by atoms with Crippen LogP contribution in [0.4, 0.5) is 11.5 Å². The third kappa shape index (κ3) is 4.69. The second-order valence-corrected chi connectivity index (χ2v) is 11.3. The first-order valence-corrected chi connectivity index (χ1v) is 13.8. The topological polar surface area (TPSA) is 127 Å². The number of fused-ring (bicyclic) bond motifs is 1. The first-order valence-electron chi connectivity index (χ1n) is 13.8. The third-order valence-electron chi connectivity index (χ3n) is 8.13. The highest BCUT2D eigenvalue weighted by Gasteiger charge is 2.35. The van der Waals surface area contributed by atoms with Gasteiger partial charge in [0.25, 0.3) is 5.91 Å². The number of benzene rings is 1. The van der Waals surface area contributed by atoms with Gasteiger partial charge in [0.05, 0.1) is 23.5 Å². The fraction of sp³-hybridized carbons (Fsp3) is 0.448. The molecule has 1 amide bonds. The van der Waals surface area contributed by atoms with Crippen molar-refractivity contribution in [3.8, 4) is 22.5 Å². The lowest BCUT2D eigenvalue weighted by Gasteiger charge is -2.30. The van der Waals surface area contributed by atoms with E-state index < -0.39 is 5.60 Å². The molecule has 2 aliphatic heterocycles. The van der Waals surface area contributed by atoms with Crippen LogP contribution >= 0.6 is 0 Å². The van der Waals surface area contributed by atoms with Gasteiger partial charge in [-0.2, -0.15) is 10.2 Å². The largest absolute Gasteiger partial charge is 0.382 e. The Bertz CT molecular complexity index is 1530. The summed E-state index contributed by atoms with van der Waals surface area (Å²) in [5, 5.41) is 19.5. The highest BCUT2D eigenvalue weighted by Crippen LogP contribution is 2.37. The summed E-state index contributed by atoms with van der Waals surface area (Å²) in [6.07, 6.45) is 5.97. The van der Waals surface area contributed by atoms with Gasteiger partial charge in [-0.3, -0.25) is 9.48 Å². The number of aliphatic hydroxyl groups is 1. The van der Waals surface area contributed by atoms with Crippen molar-refractivity contribution in [3.05, 3.63) is 48.9 Å². The van der Waals surface area contributed by atoms with Crippen LogP contribution in [0.3, 0.4) is 0 Å². The van der Waals surface area contributed by atoms with E-state index in [1.54, 1.807) is 11.9 Å². The Morgan fingerprint density at radius 2 is 1.93 bits per heavy atom. The molecule has 2 fully saturated rings. The Hall–Kier alpha value is -3.96. The van der Waals surface area contributed by atoms with Crippen LogP contribution in [0.5, 0.6) is 0 Å². The van der Waals surface area contributed by atoms with Crippen molar-refractivity contribution in [1.29, 1.82) is 0 Å². The number of carbonyl (C=O) groups excluding carboxylic acids is 1. The zero-order chi connectivity index (χ0) is 28.0. The average molecular weight is 545 g/mol. The average Bonchev–Trinajstić information content (AvgIpc) is 3.71. The SMILES string of the molecule is CN(C(=O)C(C)(C)O)C1CCN(c2cccc(-c3cc(-c4ccnn4C4CCOCC4)c4c(N)ncnn34)c2)C1. The molecule has 11 heteroatoms. The second-order valence-electron chi connectivity index (χ2n) is 11.3. The van der Waals surface area contributed by atoms with Crippen LogP contribution in [-0.2, 0) is 9.53 Å². The molecule has 3 aromatic heterocycles. The molecule has 0 aliphatic carbocycles. The summed E-state index contributed by atoms with van der Waals surface area (Å²) in [6.45, 7) is 6.03. The zero-order valence-electron chi connectivity index (χ0n) is 23.2. The number of nitrogens with two attached hydrogens (primary N) is 1. The number of likely N-dealkylation sites (N-methyl/N-ethyl adjacent to an activating group) is 1. The molecule has 1 unspecified atom stereocenters. The predicted octanol–water partition coefficient (Wildman–Crippen LogP) is 3.00. The number of hydrogen-bond donors (Lipinski definition) is 2. The second kappa shape index (κ2) is 10.2. The Kier molecular flexibility index (Phi) is 6.71. The van der Waals surface area contributed by atoms with E-state index in [0.717, 1.165) is 72.7 Å². The summed E-state index contributed by atoms with van der Waals surface area (Å²) in [6, 6.07) is 12.8. The summed E-state index contributed by atoms with van der Waals surface area (Å²) < 4.78 is 9.52. The first kappa shape index (κ1) is 26.3. The van der Waals surface area contributed by atoms with Gasteiger partial charge >= 0.3 is 0 Å². The zero-order valence-corrected chi connectivity index (χ0v) is 23.2. The molecule has 0 spiro atoms. The maximum Gasteiger partial charge on any atom is 0.254 e. The fourth-order valence-corrected chi connectivity index (χ4v) is 5.97. The van der Waals surface area contributed by atoms with Crippen LogP contribution < -0.4 is 10.6 Å². The van der Waals surface area contributed by atoms with E-state index in [1.165, 1.54) is 20.2 Å². The van der Waals surface area contributed by atoms with Crippen LogP contribution in [0.1, 0.15) is 39.2 Å². The van der Waals surface area contributed by atoms with Crippen molar-refractivity contribution >= 4 is 22.9 Å². The molecule has 11 nitrogen and oxygen atoms in total.